The molecule has 0 spiro atoms. The Hall–Kier alpha value is -1.10. The van der Waals surface area contributed by atoms with Crippen molar-refractivity contribution in [3.63, 3.8) is 0 Å². The fourth-order valence-electron chi connectivity index (χ4n) is 0.856. The minimum absolute atomic E-state index is 0.263. The largest absolute Gasteiger partial charge is 0.479 e. The summed E-state index contributed by atoms with van der Waals surface area (Å²) in [6.07, 6.45) is -1.53. The molecule has 0 heterocycles. The summed E-state index contributed by atoms with van der Waals surface area (Å²) in [4.78, 5) is 21.0. The van der Waals surface area contributed by atoms with E-state index in [9.17, 15) is 9.59 Å². The fraction of sp³-hybridized carbons (Fsp3) is 0.750. The highest BCUT2D eigenvalue weighted by Gasteiger charge is 2.24. The molecule has 5 nitrogen and oxygen atoms in total. The smallest absolute Gasteiger partial charge is 0.332 e. The van der Waals surface area contributed by atoms with Gasteiger partial charge in [-0.2, -0.15) is 0 Å². The van der Waals surface area contributed by atoms with Crippen molar-refractivity contribution in [3.8, 4) is 0 Å². The third kappa shape index (κ3) is 3.89. The average Bonchev–Trinajstić information content (AvgIpc) is 2.05. The Morgan fingerprint density at radius 1 is 1.08 bits per heavy atom. The predicted molar refractivity (Wildman–Crippen MR) is 44.5 cm³/mol. The van der Waals surface area contributed by atoms with Gasteiger partial charge in [0.1, 0.15) is 0 Å². The highest BCUT2D eigenvalue weighted by Crippen LogP contribution is 2.06. The molecule has 0 fully saturated rings. The van der Waals surface area contributed by atoms with Gasteiger partial charge in [0.05, 0.1) is 0 Å². The Morgan fingerprint density at radius 3 is 1.54 bits per heavy atom. The minimum atomic E-state index is -1.12. The lowest BCUT2D eigenvalue weighted by molar-refractivity contribution is -0.165. The molecule has 2 atom stereocenters. The summed E-state index contributed by atoms with van der Waals surface area (Å²) in [5.41, 5.74) is 0. The van der Waals surface area contributed by atoms with E-state index in [1.54, 1.807) is 13.8 Å². The van der Waals surface area contributed by atoms with Gasteiger partial charge >= 0.3 is 11.9 Å². The summed E-state index contributed by atoms with van der Waals surface area (Å²) in [7, 11) is 0. The van der Waals surface area contributed by atoms with Crippen LogP contribution < -0.4 is 0 Å². The third-order valence-electron chi connectivity index (χ3n) is 1.62. The van der Waals surface area contributed by atoms with Crippen molar-refractivity contribution in [2.24, 2.45) is 0 Å². The number of carboxylic acid groups (broad SMARTS) is 2. The highest BCUT2D eigenvalue weighted by molar-refractivity contribution is 5.75. The molecule has 2 N–H and O–H groups in total. The van der Waals surface area contributed by atoms with Gasteiger partial charge in [-0.25, -0.2) is 9.59 Å². The van der Waals surface area contributed by atoms with Gasteiger partial charge in [0.25, 0.3) is 0 Å². The van der Waals surface area contributed by atoms with Gasteiger partial charge in [-0.15, -0.1) is 0 Å². The van der Waals surface area contributed by atoms with Gasteiger partial charge in [-0.05, 0) is 12.8 Å². The first-order chi connectivity index (χ1) is 6.02. The van der Waals surface area contributed by atoms with Crippen LogP contribution in [0.2, 0.25) is 0 Å². The highest BCUT2D eigenvalue weighted by atomic mass is 16.5. The van der Waals surface area contributed by atoms with Crippen LogP contribution in [0.1, 0.15) is 26.7 Å². The minimum Gasteiger partial charge on any atom is -0.479 e. The van der Waals surface area contributed by atoms with Gasteiger partial charge in [0.15, 0.2) is 12.2 Å². The van der Waals surface area contributed by atoms with Crippen LogP contribution in [-0.4, -0.2) is 34.4 Å². The zero-order valence-corrected chi connectivity index (χ0v) is 7.69. The molecule has 0 radical (unpaired) electrons. The zero-order chi connectivity index (χ0) is 10.4. The van der Waals surface area contributed by atoms with Crippen molar-refractivity contribution in [3.05, 3.63) is 0 Å². The molecular weight excluding hydrogens is 176 g/mol. The topological polar surface area (TPSA) is 83.8 Å². The Morgan fingerprint density at radius 2 is 1.38 bits per heavy atom. The van der Waals surface area contributed by atoms with Crippen LogP contribution in [-0.2, 0) is 14.3 Å². The van der Waals surface area contributed by atoms with Gasteiger partial charge < -0.3 is 14.9 Å². The first kappa shape index (κ1) is 11.9. The first-order valence-electron chi connectivity index (χ1n) is 4.13. The molecule has 0 saturated carbocycles. The van der Waals surface area contributed by atoms with E-state index in [-0.39, 0.29) is 12.8 Å². The van der Waals surface area contributed by atoms with Crippen LogP contribution in [0.4, 0.5) is 0 Å². The molecule has 0 bridgehead atoms. The molecule has 0 aromatic rings. The molecule has 5 heteroatoms. The number of carbonyl (C=O) groups is 2. The van der Waals surface area contributed by atoms with Gasteiger partial charge in [-0.1, -0.05) is 13.8 Å². The van der Waals surface area contributed by atoms with E-state index in [0.717, 1.165) is 0 Å². The summed E-state index contributed by atoms with van der Waals surface area (Å²) >= 11 is 0. The molecule has 0 aliphatic heterocycles. The van der Waals surface area contributed by atoms with Crippen molar-refractivity contribution in [2.45, 2.75) is 38.9 Å². The molecular formula is C8H14O5. The van der Waals surface area contributed by atoms with Gasteiger partial charge in [-0.3, -0.25) is 0 Å². The Bertz CT molecular complexity index is 169. The number of hydrogen-bond donors (Lipinski definition) is 2. The number of aliphatic carboxylic acids is 2. The van der Waals surface area contributed by atoms with E-state index in [0.29, 0.717) is 0 Å². The second-order valence-electron chi connectivity index (χ2n) is 2.61. The first-order valence-corrected chi connectivity index (χ1v) is 4.13. The monoisotopic (exact) mass is 190 g/mol. The second kappa shape index (κ2) is 5.53. The Kier molecular flexibility index (Phi) is 5.06. The van der Waals surface area contributed by atoms with Crippen LogP contribution in [0.3, 0.4) is 0 Å². The van der Waals surface area contributed by atoms with E-state index in [1.807, 2.05) is 0 Å². The normalized spacial score (nSPS) is 14.9. The van der Waals surface area contributed by atoms with Crippen LogP contribution in [0.5, 0.6) is 0 Å². The van der Waals surface area contributed by atoms with Crippen molar-refractivity contribution >= 4 is 11.9 Å². The van der Waals surface area contributed by atoms with Crippen molar-refractivity contribution in [1.29, 1.82) is 0 Å². The summed E-state index contributed by atoms with van der Waals surface area (Å²) in [6, 6.07) is 0. The van der Waals surface area contributed by atoms with Crippen LogP contribution in [0.15, 0.2) is 0 Å². The van der Waals surface area contributed by atoms with Gasteiger partial charge in [0, 0.05) is 0 Å². The Labute approximate surface area is 76.3 Å². The number of carboxylic acids is 2. The van der Waals surface area contributed by atoms with Crippen molar-refractivity contribution < 1.29 is 24.5 Å². The molecule has 0 unspecified atom stereocenters. The van der Waals surface area contributed by atoms with Gasteiger partial charge in [0.2, 0.25) is 0 Å². The third-order valence-corrected chi connectivity index (χ3v) is 1.62. The lowest BCUT2D eigenvalue weighted by Crippen LogP contribution is -2.33. The lowest BCUT2D eigenvalue weighted by Gasteiger charge is -2.16. The molecule has 0 rings (SSSR count). The van der Waals surface area contributed by atoms with E-state index in [2.05, 4.69) is 0 Å². The molecule has 0 aromatic heterocycles. The van der Waals surface area contributed by atoms with Crippen LogP contribution in [0.25, 0.3) is 0 Å². The number of hydrogen-bond acceptors (Lipinski definition) is 3. The molecule has 0 aliphatic rings. The van der Waals surface area contributed by atoms with Crippen LogP contribution >= 0.6 is 0 Å². The van der Waals surface area contributed by atoms with E-state index in [1.165, 1.54) is 0 Å². The fourth-order valence-corrected chi connectivity index (χ4v) is 0.856. The maximum Gasteiger partial charge on any atom is 0.332 e. The standard InChI is InChI=1S/C8H14O5/c1-3-5(7(9)10)13-6(4-2)8(11)12/h5-6H,3-4H2,1-2H3,(H,9,10)(H,11,12)/t5-,6-/m0/s1. The number of rotatable bonds is 6. The molecule has 13 heavy (non-hydrogen) atoms. The summed E-state index contributed by atoms with van der Waals surface area (Å²) in [5, 5.41) is 17.2. The zero-order valence-electron chi connectivity index (χ0n) is 7.69. The molecule has 0 amide bonds. The molecule has 76 valence electrons. The van der Waals surface area contributed by atoms with E-state index < -0.39 is 24.1 Å². The SMILES string of the molecule is CC[C@H](O[C@@H](CC)C(=O)O)C(=O)O. The average molecular weight is 190 g/mol. The number of ether oxygens (including phenoxy) is 1. The lowest BCUT2D eigenvalue weighted by atomic mass is 10.2. The Balaban J connectivity index is 4.19. The van der Waals surface area contributed by atoms with Crippen molar-refractivity contribution in [2.75, 3.05) is 0 Å². The maximum absolute atomic E-state index is 10.5. The maximum atomic E-state index is 10.5. The quantitative estimate of drug-likeness (QED) is 0.645. The van der Waals surface area contributed by atoms with E-state index in [4.69, 9.17) is 14.9 Å². The molecule has 0 saturated heterocycles. The second-order valence-corrected chi connectivity index (χ2v) is 2.61. The predicted octanol–water partition coefficient (Wildman–Crippen LogP) is 0.729. The van der Waals surface area contributed by atoms with Crippen molar-refractivity contribution in [1.82, 2.24) is 0 Å². The van der Waals surface area contributed by atoms with E-state index >= 15 is 0 Å². The van der Waals surface area contributed by atoms with Crippen LogP contribution in [0, 0.1) is 0 Å². The molecule has 0 aliphatic carbocycles. The summed E-state index contributed by atoms with van der Waals surface area (Å²) in [6.45, 7) is 3.26. The summed E-state index contributed by atoms with van der Waals surface area (Å²) in [5.74, 6) is -2.25. The molecule has 0 aromatic carbocycles. The summed E-state index contributed by atoms with van der Waals surface area (Å²) < 4.78 is 4.87.